The zero-order valence-corrected chi connectivity index (χ0v) is 18.9. The number of Topliss-reactive ketones (excluding diaryl/α,β-unsaturated/α-hetero) is 1. The van der Waals surface area contributed by atoms with Crippen LogP contribution in [0.1, 0.15) is 65.2 Å². The standard InChI is InChI=1S/C21H33O5P/c1-14(18(22)13-27(24,25-8)26-9)10-15-11-16(20(2,3)4)19(23)17(12-15)21(5,6)7/h10-12,23H,13H2,1-9H3/b14-10+. The van der Waals surface area contributed by atoms with E-state index in [1.807, 2.05) is 53.7 Å². The van der Waals surface area contributed by atoms with Gasteiger partial charge in [0.25, 0.3) is 0 Å². The lowest BCUT2D eigenvalue weighted by Gasteiger charge is -2.28. The molecule has 0 radical (unpaired) electrons. The van der Waals surface area contributed by atoms with E-state index in [0.717, 1.165) is 16.7 Å². The Hall–Kier alpha value is -1.42. The lowest BCUT2D eigenvalue weighted by molar-refractivity contribution is -0.113. The van der Waals surface area contributed by atoms with Crippen LogP contribution in [0.25, 0.3) is 6.08 Å². The molecule has 0 aliphatic rings. The first-order valence-corrected chi connectivity index (χ1v) is 10.7. The Morgan fingerprint density at radius 1 is 1.04 bits per heavy atom. The van der Waals surface area contributed by atoms with Crippen LogP contribution in [0, 0.1) is 0 Å². The van der Waals surface area contributed by atoms with E-state index in [0.29, 0.717) is 11.3 Å². The smallest absolute Gasteiger partial charge is 0.337 e. The Bertz CT molecular complexity index is 736. The summed E-state index contributed by atoms with van der Waals surface area (Å²) in [6.07, 6.45) is 1.45. The molecule has 0 bridgehead atoms. The summed E-state index contributed by atoms with van der Waals surface area (Å²) in [5.74, 6) is -0.0101. The molecule has 27 heavy (non-hydrogen) atoms. The minimum Gasteiger partial charge on any atom is -0.507 e. The topological polar surface area (TPSA) is 72.8 Å². The van der Waals surface area contributed by atoms with Crippen molar-refractivity contribution in [2.45, 2.75) is 59.3 Å². The number of hydrogen-bond donors (Lipinski definition) is 1. The normalized spacial score (nSPS) is 13.7. The number of aromatic hydroxyl groups is 1. The molecular weight excluding hydrogens is 363 g/mol. The van der Waals surface area contributed by atoms with Crippen LogP contribution in [0.15, 0.2) is 17.7 Å². The van der Waals surface area contributed by atoms with Gasteiger partial charge in [-0.2, -0.15) is 0 Å². The van der Waals surface area contributed by atoms with Crippen molar-refractivity contribution in [1.29, 1.82) is 0 Å². The lowest BCUT2D eigenvalue weighted by Crippen LogP contribution is -2.17. The van der Waals surface area contributed by atoms with Crippen molar-refractivity contribution >= 4 is 19.5 Å². The van der Waals surface area contributed by atoms with Crippen molar-refractivity contribution < 1.29 is 23.5 Å². The van der Waals surface area contributed by atoms with Crippen LogP contribution in [0.3, 0.4) is 0 Å². The van der Waals surface area contributed by atoms with E-state index in [1.165, 1.54) is 14.2 Å². The highest BCUT2D eigenvalue weighted by molar-refractivity contribution is 7.54. The first-order chi connectivity index (χ1) is 12.1. The van der Waals surface area contributed by atoms with Crippen molar-refractivity contribution in [3.8, 4) is 5.75 Å². The van der Waals surface area contributed by atoms with E-state index in [2.05, 4.69) is 0 Å². The van der Waals surface area contributed by atoms with Crippen LogP contribution in [0.5, 0.6) is 5.75 Å². The molecule has 0 saturated carbocycles. The predicted molar refractivity (Wildman–Crippen MR) is 111 cm³/mol. The van der Waals surface area contributed by atoms with Crippen LogP contribution < -0.4 is 0 Å². The minimum atomic E-state index is -3.41. The summed E-state index contributed by atoms with van der Waals surface area (Å²) in [4.78, 5) is 12.5. The van der Waals surface area contributed by atoms with E-state index in [1.54, 1.807) is 13.0 Å². The molecule has 1 rings (SSSR count). The van der Waals surface area contributed by atoms with Gasteiger partial charge in [0.15, 0.2) is 5.78 Å². The fraction of sp³-hybridized carbons (Fsp3) is 0.571. The first kappa shape index (κ1) is 23.6. The Balaban J connectivity index is 3.43. The average Bonchev–Trinajstić information content (AvgIpc) is 2.53. The van der Waals surface area contributed by atoms with E-state index in [9.17, 15) is 14.5 Å². The van der Waals surface area contributed by atoms with E-state index in [4.69, 9.17) is 9.05 Å². The van der Waals surface area contributed by atoms with E-state index < -0.39 is 7.60 Å². The fourth-order valence-corrected chi connectivity index (χ4v) is 3.73. The van der Waals surface area contributed by atoms with Crippen molar-refractivity contribution in [2.24, 2.45) is 0 Å². The molecule has 0 unspecified atom stereocenters. The molecule has 5 nitrogen and oxygen atoms in total. The molecule has 0 saturated heterocycles. The van der Waals surface area contributed by atoms with Gasteiger partial charge in [0.1, 0.15) is 11.9 Å². The van der Waals surface area contributed by atoms with Crippen LogP contribution >= 0.6 is 7.60 Å². The molecule has 0 spiro atoms. The molecule has 6 heteroatoms. The number of benzene rings is 1. The Morgan fingerprint density at radius 3 is 1.78 bits per heavy atom. The van der Waals surface area contributed by atoms with Gasteiger partial charge in [0.05, 0.1) is 0 Å². The van der Waals surface area contributed by atoms with Crippen molar-refractivity contribution in [2.75, 3.05) is 20.4 Å². The van der Waals surface area contributed by atoms with E-state index >= 15 is 0 Å². The zero-order chi connectivity index (χ0) is 21.2. The maximum Gasteiger partial charge on any atom is 0.337 e. The summed E-state index contributed by atoms with van der Waals surface area (Å²) < 4.78 is 21.9. The summed E-state index contributed by atoms with van der Waals surface area (Å²) in [5, 5.41) is 10.8. The first-order valence-electron chi connectivity index (χ1n) is 8.94. The SMILES string of the molecule is COP(=O)(CC(=O)/C(C)=C/c1cc(C(C)(C)C)c(O)c(C(C)(C)C)c1)OC. The Kier molecular flexibility index (Phi) is 7.26. The zero-order valence-electron chi connectivity index (χ0n) is 18.0. The summed E-state index contributed by atoms with van der Waals surface area (Å²) in [7, 11) is -0.875. The summed E-state index contributed by atoms with van der Waals surface area (Å²) in [6, 6.07) is 3.79. The second kappa shape index (κ2) is 8.30. The van der Waals surface area contributed by atoms with Gasteiger partial charge in [0, 0.05) is 25.3 Å². The van der Waals surface area contributed by atoms with Crippen molar-refractivity contribution in [3.05, 3.63) is 34.4 Å². The average molecular weight is 396 g/mol. The maximum absolute atomic E-state index is 12.5. The molecule has 0 aromatic heterocycles. The molecule has 0 heterocycles. The number of phenols is 1. The fourth-order valence-electron chi connectivity index (χ4n) is 2.72. The van der Waals surface area contributed by atoms with Crippen molar-refractivity contribution in [1.82, 2.24) is 0 Å². The number of phenolic OH excluding ortho intramolecular Hbond substituents is 1. The molecule has 0 atom stereocenters. The summed E-state index contributed by atoms with van der Waals surface area (Å²) in [6.45, 7) is 13.9. The van der Waals surface area contributed by atoms with Gasteiger partial charge in [-0.3, -0.25) is 9.36 Å². The highest BCUT2D eigenvalue weighted by Crippen LogP contribution is 2.46. The second-order valence-corrected chi connectivity index (χ2v) is 11.1. The summed E-state index contributed by atoms with van der Waals surface area (Å²) >= 11 is 0. The molecule has 152 valence electrons. The van der Waals surface area contributed by atoms with Gasteiger partial charge in [0.2, 0.25) is 0 Å². The molecule has 0 amide bonds. The van der Waals surface area contributed by atoms with E-state index in [-0.39, 0.29) is 22.8 Å². The molecule has 0 aliphatic heterocycles. The highest BCUT2D eigenvalue weighted by atomic mass is 31.2. The van der Waals surface area contributed by atoms with Gasteiger partial charge in [-0.1, -0.05) is 41.5 Å². The molecule has 1 aromatic rings. The number of allylic oxidation sites excluding steroid dienone is 1. The van der Waals surface area contributed by atoms with Crippen LogP contribution in [0.2, 0.25) is 0 Å². The number of rotatable bonds is 6. The van der Waals surface area contributed by atoms with Crippen LogP contribution in [-0.2, 0) is 29.2 Å². The second-order valence-electron chi connectivity index (χ2n) is 8.85. The maximum atomic E-state index is 12.5. The predicted octanol–water partition coefficient (Wildman–Crippen LogP) is 5.45. The van der Waals surface area contributed by atoms with Gasteiger partial charge in [-0.25, -0.2) is 0 Å². The third-order valence-electron chi connectivity index (χ3n) is 4.46. The molecular formula is C21H33O5P. The quantitative estimate of drug-likeness (QED) is 0.512. The van der Waals surface area contributed by atoms with Crippen LogP contribution in [-0.4, -0.2) is 31.3 Å². The van der Waals surface area contributed by atoms with Gasteiger partial charge < -0.3 is 14.2 Å². The highest BCUT2D eigenvalue weighted by Gasteiger charge is 2.28. The van der Waals surface area contributed by atoms with Crippen LogP contribution in [0.4, 0.5) is 0 Å². The van der Waals surface area contributed by atoms with Gasteiger partial charge in [-0.05, 0) is 47.1 Å². The largest absolute Gasteiger partial charge is 0.507 e. The third kappa shape index (κ3) is 6.03. The number of carbonyl (C=O) groups excluding carboxylic acids is 1. The lowest BCUT2D eigenvalue weighted by atomic mass is 9.78. The molecule has 0 fully saturated rings. The Morgan fingerprint density at radius 2 is 1.44 bits per heavy atom. The van der Waals surface area contributed by atoms with Gasteiger partial charge >= 0.3 is 7.60 Å². The van der Waals surface area contributed by atoms with Gasteiger partial charge in [-0.15, -0.1) is 0 Å². The Labute approximate surface area is 163 Å². The number of hydrogen-bond acceptors (Lipinski definition) is 5. The minimum absolute atomic E-state index is 0.256. The molecule has 1 aromatic carbocycles. The summed E-state index contributed by atoms with van der Waals surface area (Å²) in [5.41, 5.74) is 2.40. The molecule has 0 aliphatic carbocycles. The number of carbonyl (C=O) groups is 1. The third-order valence-corrected chi connectivity index (χ3v) is 6.25. The molecule has 1 N–H and O–H groups in total. The van der Waals surface area contributed by atoms with Crippen molar-refractivity contribution in [3.63, 3.8) is 0 Å². The number of ketones is 1. The monoisotopic (exact) mass is 396 g/mol.